The van der Waals surface area contributed by atoms with E-state index in [1.807, 2.05) is 0 Å². The lowest BCUT2D eigenvalue weighted by Gasteiger charge is -2.40. The fourth-order valence-corrected chi connectivity index (χ4v) is 2.53. The van der Waals surface area contributed by atoms with Crippen molar-refractivity contribution in [3.8, 4) is 0 Å². The van der Waals surface area contributed by atoms with E-state index in [-0.39, 0.29) is 17.5 Å². The van der Waals surface area contributed by atoms with Crippen LogP contribution in [0, 0.1) is 5.41 Å². The number of esters is 1. The molecule has 0 bridgehead atoms. The normalized spacial score (nSPS) is 24.1. The van der Waals surface area contributed by atoms with Crippen LogP contribution in [-0.4, -0.2) is 39.0 Å². The predicted molar refractivity (Wildman–Crippen MR) is 62.7 cm³/mol. The molecule has 17 heavy (non-hydrogen) atoms. The average Bonchev–Trinajstić information content (AvgIpc) is 2.29. The molecule has 2 rings (SSSR count). The smallest absolute Gasteiger partial charge is 0.312 e. The summed E-state index contributed by atoms with van der Waals surface area (Å²) >= 11 is 0. The second kappa shape index (κ2) is 5.83. The molecule has 0 N–H and O–H groups in total. The number of carbonyl (C=O) groups is 1. The van der Waals surface area contributed by atoms with Gasteiger partial charge in [0.1, 0.15) is 6.10 Å². The summed E-state index contributed by atoms with van der Waals surface area (Å²) in [5, 5.41) is 0. The summed E-state index contributed by atoms with van der Waals surface area (Å²) in [7, 11) is 1.68. The van der Waals surface area contributed by atoms with E-state index in [9.17, 15) is 4.79 Å². The van der Waals surface area contributed by atoms with Crippen LogP contribution in [0.5, 0.6) is 0 Å². The van der Waals surface area contributed by atoms with Gasteiger partial charge in [-0.15, -0.1) is 0 Å². The van der Waals surface area contributed by atoms with E-state index in [2.05, 4.69) is 0 Å². The van der Waals surface area contributed by atoms with E-state index in [4.69, 9.17) is 14.2 Å². The van der Waals surface area contributed by atoms with Crippen LogP contribution >= 0.6 is 0 Å². The molecular weight excluding hydrogens is 220 g/mol. The SMILES string of the molecule is COCCC1(C(=O)OC2CCOCC2)CCC1. The van der Waals surface area contributed by atoms with Gasteiger partial charge in [-0.2, -0.15) is 0 Å². The van der Waals surface area contributed by atoms with Gasteiger partial charge in [0.05, 0.1) is 18.6 Å². The van der Waals surface area contributed by atoms with Gasteiger partial charge in [-0.05, 0) is 19.3 Å². The maximum Gasteiger partial charge on any atom is 0.312 e. The Balaban J connectivity index is 1.83. The quantitative estimate of drug-likeness (QED) is 0.691. The van der Waals surface area contributed by atoms with Gasteiger partial charge >= 0.3 is 5.97 Å². The molecule has 98 valence electrons. The molecule has 1 saturated heterocycles. The van der Waals surface area contributed by atoms with Gasteiger partial charge in [0.15, 0.2) is 0 Å². The molecule has 1 aliphatic heterocycles. The summed E-state index contributed by atoms with van der Waals surface area (Å²) in [6, 6.07) is 0. The topological polar surface area (TPSA) is 44.8 Å². The molecule has 0 aromatic rings. The molecule has 1 aliphatic carbocycles. The Morgan fingerprint density at radius 3 is 2.59 bits per heavy atom. The second-order valence-electron chi connectivity index (χ2n) is 5.09. The van der Waals surface area contributed by atoms with Crippen molar-refractivity contribution in [2.24, 2.45) is 5.41 Å². The zero-order chi connectivity index (χ0) is 12.1. The number of hydrogen-bond acceptors (Lipinski definition) is 4. The van der Waals surface area contributed by atoms with Crippen LogP contribution in [0.4, 0.5) is 0 Å². The summed E-state index contributed by atoms with van der Waals surface area (Å²) in [4.78, 5) is 12.2. The molecule has 0 atom stereocenters. The number of carbonyl (C=O) groups excluding carboxylic acids is 1. The number of methoxy groups -OCH3 is 1. The summed E-state index contributed by atoms with van der Waals surface area (Å²) in [6.07, 6.45) is 5.59. The Bertz CT molecular complexity index is 254. The predicted octanol–water partition coefficient (Wildman–Crippen LogP) is 1.92. The lowest BCUT2D eigenvalue weighted by Crippen LogP contribution is -2.42. The molecule has 2 fully saturated rings. The minimum atomic E-state index is -0.242. The zero-order valence-corrected chi connectivity index (χ0v) is 10.6. The molecule has 4 nitrogen and oxygen atoms in total. The molecule has 0 aromatic carbocycles. The molecule has 4 heteroatoms. The van der Waals surface area contributed by atoms with Crippen molar-refractivity contribution < 1.29 is 19.0 Å². The zero-order valence-electron chi connectivity index (χ0n) is 10.6. The highest BCUT2D eigenvalue weighted by Crippen LogP contribution is 2.45. The molecule has 0 spiro atoms. The summed E-state index contributed by atoms with van der Waals surface area (Å²) in [5.74, 6) is -0.00676. The third-order valence-electron chi connectivity index (χ3n) is 3.97. The minimum Gasteiger partial charge on any atom is -0.462 e. The third-order valence-corrected chi connectivity index (χ3v) is 3.97. The van der Waals surface area contributed by atoms with Crippen LogP contribution in [0.15, 0.2) is 0 Å². The molecule has 0 aromatic heterocycles. The van der Waals surface area contributed by atoms with Crippen LogP contribution in [0.25, 0.3) is 0 Å². The van der Waals surface area contributed by atoms with Crippen LogP contribution in [0.2, 0.25) is 0 Å². The van der Waals surface area contributed by atoms with Crippen molar-refractivity contribution in [3.05, 3.63) is 0 Å². The number of ether oxygens (including phenoxy) is 3. The highest BCUT2D eigenvalue weighted by molar-refractivity contribution is 5.78. The van der Waals surface area contributed by atoms with Gasteiger partial charge < -0.3 is 14.2 Å². The van der Waals surface area contributed by atoms with Crippen molar-refractivity contribution in [3.63, 3.8) is 0 Å². The molecule has 0 amide bonds. The maximum absolute atomic E-state index is 12.2. The monoisotopic (exact) mass is 242 g/mol. The van der Waals surface area contributed by atoms with Crippen LogP contribution < -0.4 is 0 Å². The Labute approximate surface area is 103 Å². The van der Waals surface area contributed by atoms with Crippen molar-refractivity contribution >= 4 is 5.97 Å². The molecule has 0 radical (unpaired) electrons. The largest absolute Gasteiger partial charge is 0.462 e. The average molecular weight is 242 g/mol. The van der Waals surface area contributed by atoms with Crippen LogP contribution in [-0.2, 0) is 19.0 Å². The molecule has 1 heterocycles. The summed E-state index contributed by atoms with van der Waals surface area (Å²) in [5.41, 5.74) is -0.242. The van der Waals surface area contributed by atoms with E-state index < -0.39 is 0 Å². The highest BCUT2D eigenvalue weighted by atomic mass is 16.6. The van der Waals surface area contributed by atoms with Gasteiger partial charge in [0.2, 0.25) is 0 Å². The van der Waals surface area contributed by atoms with Crippen LogP contribution in [0.3, 0.4) is 0 Å². The number of hydrogen-bond donors (Lipinski definition) is 0. The fourth-order valence-electron chi connectivity index (χ4n) is 2.53. The van der Waals surface area contributed by atoms with Gasteiger partial charge in [0.25, 0.3) is 0 Å². The van der Waals surface area contributed by atoms with Crippen molar-refractivity contribution in [1.29, 1.82) is 0 Å². The molecule has 0 unspecified atom stereocenters. The van der Waals surface area contributed by atoms with Gasteiger partial charge in [-0.1, -0.05) is 6.42 Å². The van der Waals surface area contributed by atoms with Crippen molar-refractivity contribution in [2.45, 2.75) is 44.6 Å². The molecule has 1 saturated carbocycles. The summed E-state index contributed by atoms with van der Waals surface area (Å²) in [6.45, 7) is 2.06. The first-order valence-corrected chi connectivity index (χ1v) is 6.55. The summed E-state index contributed by atoms with van der Waals surface area (Å²) < 4.78 is 16.0. The Hall–Kier alpha value is -0.610. The Kier molecular flexibility index (Phi) is 4.40. The first-order valence-electron chi connectivity index (χ1n) is 6.55. The van der Waals surface area contributed by atoms with Gasteiger partial charge in [-0.3, -0.25) is 4.79 Å². The van der Waals surface area contributed by atoms with E-state index in [1.54, 1.807) is 7.11 Å². The first kappa shape index (κ1) is 12.8. The first-order chi connectivity index (χ1) is 8.27. The van der Waals surface area contributed by atoms with Gasteiger partial charge in [-0.25, -0.2) is 0 Å². The Morgan fingerprint density at radius 1 is 1.35 bits per heavy atom. The van der Waals surface area contributed by atoms with Crippen molar-refractivity contribution in [2.75, 3.05) is 26.9 Å². The van der Waals surface area contributed by atoms with Gasteiger partial charge in [0, 0.05) is 26.6 Å². The minimum absolute atomic E-state index is 0.00676. The number of rotatable bonds is 5. The van der Waals surface area contributed by atoms with E-state index in [0.717, 1.165) is 38.5 Å². The van der Waals surface area contributed by atoms with E-state index in [0.29, 0.717) is 19.8 Å². The van der Waals surface area contributed by atoms with Crippen LogP contribution in [0.1, 0.15) is 38.5 Å². The highest BCUT2D eigenvalue weighted by Gasteiger charge is 2.45. The maximum atomic E-state index is 12.2. The molecule has 2 aliphatic rings. The lowest BCUT2D eigenvalue weighted by atomic mass is 9.67. The second-order valence-corrected chi connectivity index (χ2v) is 5.09. The standard InChI is InChI=1S/C13H22O4/c1-15-10-7-13(5-2-6-13)12(14)17-11-3-8-16-9-4-11/h11H,2-10H2,1H3. The van der Waals surface area contributed by atoms with Crippen molar-refractivity contribution in [1.82, 2.24) is 0 Å². The lowest BCUT2D eigenvalue weighted by molar-refractivity contribution is -0.172. The molecular formula is C13H22O4. The van der Waals surface area contributed by atoms with E-state index in [1.165, 1.54) is 0 Å². The Morgan fingerprint density at radius 2 is 2.06 bits per heavy atom. The fraction of sp³-hybridized carbons (Fsp3) is 0.923. The third kappa shape index (κ3) is 2.99. The van der Waals surface area contributed by atoms with E-state index >= 15 is 0 Å².